The molecule has 1 unspecified atom stereocenters. The Balaban J connectivity index is 0.00000306. The molecule has 1 aliphatic rings. The maximum atomic E-state index is 12.5. The molecule has 0 bridgehead atoms. The van der Waals surface area contributed by atoms with Gasteiger partial charge in [-0.1, -0.05) is 30.3 Å². The number of aromatic hydroxyl groups is 2. The molecule has 1 aliphatic heterocycles. The smallest absolute Gasteiger partial charge is 0.335 e. The fraction of sp³-hybridized carbons (Fsp3) is 0.238. The SMILES string of the molecule is O.O=C(O)[C@@H]1OC(Oc2cc3oc(-c4ccccc4)cc(=O)c3c(O)c2O)[C@@H](O)[C@H](O)[C@H]1O. The molecule has 0 saturated carbocycles. The van der Waals surface area contributed by atoms with Gasteiger partial charge in [0.15, 0.2) is 23.0 Å². The number of phenols is 2. The Bertz CT molecular complexity index is 1220. The van der Waals surface area contributed by atoms with Crippen LogP contribution in [0.3, 0.4) is 0 Å². The highest BCUT2D eigenvalue weighted by molar-refractivity contribution is 5.89. The molecule has 1 aromatic heterocycles. The highest BCUT2D eigenvalue weighted by Gasteiger charge is 2.48. The van der Waals surface area contributed by atoms with E-state index in [4.69, 9.17) is 19.0 Å². The van der Waals surface area contributed by atoms with E-state index in [-0.39, 0.29) is 22.2 Å². The molecule has 12 nitrogen and oxygen atoms in total. The molecule has 3 aromatic rings. The Hall–Kier alpha value is -3.68. The maximum absolute atomic E-state index is 12.5. The molecule has 0 spiro atoms. The van der Waals surface area contributed by atoms with Crippen LogP contribution in [-0.4, -0.2) is 72.8 Å². The third kappa shape index (κ3) is 4.20. The van der Waals surface area contributed by atoms with E-state index >= 15 is 0 Å². The average molecular weight is 464 g/mol. The lowest BCUT2D eigenvalue weighted by atomic mass is 9.99. The third-order valence-corrected chi connectivity index (χ3v) is 5.05. The largest absolute Gasteiger partial charge is 0.504 e. The molecule has 1 saturated heterocycles. The molecule has 5 atom stereocenters. The summed E-state index contributed by atoms with van der Waals surface area (Å²) < 4.78 is 16.0. The first-order valence-corrected chi connectivity index (χ1v) is 9.36. The van der Waals surface area contributed by atoms with Crippen molar-refractivity contribution in [3.63, 3.8) is 0 Å². The second-order valence-corrected chi connectivity index (χ2v) is 7.14. The molecule has 0 radical (unpaired) electrons. The number of aliphatic hydroxyl groups excluding tert-OH is 3. The molecule has 0 amide bonds. The zero-order valence-electron chi connectivity index (χ0n) is 16.7. The number of ether oxygens (including phenoxy) is 2. The van der Waals surface area contributed by atoms with Crippen LogP contribution in [0.5, 0.6) is 17.2 Å². The van der Waals surface area contributed by atoms with Crippen molar-refractivity contribution in [3.05, 3.63) is 52.7 Å². The Morgan fingerprint density at radius 1 is 0.939 bits per heavy atom. The van der Waals surface area contributed by atoms with Gasteiger partial charge in [0.25, 0.3) is 0 Å². The summed E-state index contributed by atoms with van der Waals surface area (Å²) in [5, 5.41) is 59.2. The minimum atomic E-state index is -1.94. The summed E-state index contributed by atoms with van der Waals surface area (Å²) in [6, 6.07) is 10.8. The fourth-order valence-electron chi connectivity index (χ4n) is 3.38. The zero-order chi connectivity index (χ0) is 23.2. The Labute approximate surface area is 184 Å². The van der Waals surface area contributed by atoms with Gasteiger partial charge in [-0.05, 0) is 0 Å². The number of carboxylic acids is 1. The van der Waals surface area contributed by atoms with Gasteiger partial charge >= 0.3 is 5.97 Å². The number of aliphatic hydroxyl groups is 3. The molecular formula is C21H20O12. The van der Waals surface area contributed by atoms with E-state index in [2.05, 4.69) is 0 Å². The van der Waals surface area contributed by atoms with E-state index in [1.165, 1.54) is 0 Å². The van der Waals surface area contributed by atoms with Crippen LogP contribution in [0.15, 0.2) is 51.7 Å². The highest BCUT2D eigenvalue weighted by Crippen LogP contribution is 2.42. The molecule has 12 heteroatoms. The van der Waals surface area contributed by atoms with Crippen molar-refractivity contribution in [3.8, 4) is 28.6 Å². The van der Waals surface area contributed by atoms with Crippen LogP contribution in [0.2, 0.25) is 0 Å². The summed E-state index contributed by atoms with van der Waals surface area (Å²) in [6.45, 7) is 0. The number of benzene rings is 2. The van der Waals surface area contributed by atoms with E-state index in [0.29, 0.717) is 5.56 Å². The average Bonchev–Trinajstić information content (AvgIpc) is 2.77. The molecule has 8 N–H and O–H groups in total. The van der Waals surface area contributed by atoms with E-state index in [0.717, 1.165) is 12.1 Å². The topological polar surface area (TPSA) is 219 Å². The normalized spacial score (nSPS) is 24.8. The van der Waals surface area contributed by atoms with Crippen LogP contribution in [0.4, 0.5) is 0 Å². The van der Waals surface area contributed by atoms with E-state index in [1.807, 2.05) is 0 Å². The van der Waals surface area contributed by atoms with Crippen molar-refractivity contribution in [1.82, 2.24) is 0 Å². The number of rotatable bonds is 4. The number of aliphatic carboxylic acids is 1. The van der Waals surface area contributed by atoms with Gasteiger partial charge < -0.3 is 50.0 Å². The lowest BCUT2D eigenvalue weighted by molar-refractivity contribution is -0.271. The standard InChI is InChI=1S/C21H18O11.H2O/c22-9-6-10(8-4-2-1-3-5-8)30-11-7-12(14(23)15(24)13(9)11)31-21-18(27)16(25)17(26)19(32-21)20(28)29;/h1-7,16-19,21,23-27H,(H,28,29);1H2/t16-,17-,18+,19-,21?;/m1./s1. The van der Waals surface area contributed by atoms with Crippen molar-refractivity contribution >= 4 is 16.9 Å². The van der Waals surface area contributed by atoms with Gasteiger partial charge in [0, 0.05) is 17.7 Å². The van der Waals surface area contributed by atoms with Crippen LogP contribution in [0.1, 0.15) is 0 Å². The van der Waals surface area contributed by atoms with Crippen LogP contribution >= 0.6 is 0 Å². The van der Waals surface area contributed by atoms with Crippen LogP contribution in [-0.2, 0) is 9.53 Å². The van der Waals surface area contributed by atoms with Crippen molar-refractivity contribution in [2.24, 2.45) is 0 Å². The third-order valence-electron chi connectivity index (χ3n) is 5.05. The number of carbonyl (C=O) groups is 1. The summed E-state index contributed by atoms with van der Waals surface area (Å²) in [5.74, 6) is -3.76. The predicted molar refractivity (Wildman–Crippen MR) is 110 cm³/mol. The van der Waals surface area contributed by atoms with Gasteiger partial charge in [0.2, 0.25) is 12.0 Å². The molecule has 1 fully saturated rings. The second-order valence-electron chi connectivity index (χ2n) is 7.14. The van der Waals surface area contributed by atoms with Gasteiger partial charge in [-0.25, -0.2) is 4.79 Å². The van der Waals surface area contributed by atoms with Crippen LogP contribution in [0.25, 0.3) is 22.3 Å². The number of phenolic OH excluding ortho intramolecular Hbond substituents is 2. The summed E-state index contributed by atoms with van der Waals surface area (Å²) in [7, 11) is 0. The summed E-state index contributed by atoms with van der Waals surface area (Å²) in [5.41, 5.74) is -0.265. The molecule has 2 aromatic carbocycles. The van der Waals surface area contributed by atoms with Crippen molar-refractivity contribution in [1.29, 1.82) is 0 Å². The van der Waals surface area contributed by atoms with Crippen molar-refractivity contribution < 1.29 is 54.8 Å². The predicted octanol–water partition coefficient (Wildman–Crippen LogP) is -0.683. The van der Waals surface area contributed by atoms with Gasteiger partial charge in [-0.2, -0.15) is 0 Å². The highest BCUT2D eigenvalue weighted by atomic mass is 16.7. The Kier molecular flexibility index (Phi) is 6.58. The van der Waals surface area contributed by atoms with E-state index in [9.17, 15) is 35.1 Å². The molecule has 33 heavy (non-hydrogen) atoms. The Morgan fingerprint density at radius 2 is 1.61 bits per heavy atom. The first-order valence-electron chi connectivity index (χ1n) is 9.36. The first kappa shape index (κ1) is 24.0. The molecular weight excluding hydrogens is 444 g/mol. The fourth-order valence-corrected chi connectivity index (χ4v) is 3.38. The number of carboxylic acid groups (broad SMARTS) is 1. The molecule has 0 aliphatic carbocycles. The second kappa shape index (κ2) is 9.05. The van der Waals surface area contributed by atoms with Gasteiger partial charge in [0.05, 0.1) is 0 Å². The summed E-state index contributed by atoms with van der Waals surface area (Å²) in [6.07, 6.45) is -9.56. The monoisotopic (exact) mass is 464 g/mol. The summed E-state index contributed by atoms with van der Waals surface area (Å²) >= 11 is 0. The lowest BCUT2D eigenvalue weighted by Crippen LogP contribution is -2.61. The minimum Gasteiger partial charge on any atom is -0.504 e. The molecule has 176 valence electrons. The molecule has 4 rings (SSSR count). The molecule has 2 heterocycles. The van der Waals surface area contributed by atoms with Gasteiger partial charge in [-0.3, -0.25) is 4.79 Å². The van der Waals surface area contributed by atoms with Crippen LogP contribution < -0.4 is 10.2 Å². The quantitative estimate of drug-likeness (QED) is 0.266. The van der Waals surface area contributed by atoms with E-state index in [1.54, 1.807) is 30.3 Å². The first-order chi connectivity index (χ1) is 15.2. The lowest BCUT2D eigenvalue weighted by Gasteiger charge is -2.38. The van der Waals surface area contributed by atoms with Crippen LogP contribution in [0, 0.1) is 0 Å². The van der Waals surface area contributed by atoms with Gasteiger partial charge in [-0.15, -0.1) is 0 Å². The number of fused-ring (bicyclic) bond motifs is 1. The maximum Gasteiger partial charge on any atom is 0.335 e. The number of hydrogen-bond donors (Lipinski definition) is 6. The van der Waals surface area contributed by atoms with Gasteiger partial charge in [0.1, 0.15) is 35.0 Å². The van der Waals surface area contributed by atoms with Crippen molar-refractivity contribution in [2.45, 2.75) is 30.7 Å². The van der Waals surface area contributed by atoms with E-state index < -0.39 is 59.4 Å². The zero-order valence-corrected chi connectivity index (χ0v) is 16.7. The summed E-state index contributed by atoms with van der Waals surface area (Å²) in [4.78, 5) is 23.8. The number of hydrogen-bond acceptors (Lipinski definition) is 10. The Morgan fingerprint density at radius 3 is 2.24 bits per heavy atom. The minimum absolute atomic E-state index is 0. The van der Waals surface area contributed by atoms with Crippen molar-refractivity contribution in [2.75, 3.05) is 0 Å².